The van der Waals surface area contributed by atoms with Gasteiger partial charge in [-0.25, -0.2) is 9.78 Å². The molecular formula is C25H31N3O3S. The van der Waals surface area contributed by atoms with Gasteiger partial charge in [-0.2, -0.15) is 0 Å². The fourth-order valence-corrected chi connectivity index (χ4v) is 5.37. The fourth-order valence-electron chi connectivity index (χ4n) is 4.66. The molecule has 0 unspecified atom stereocenters. The van der Waals surface area contributed by atoms with Crippen molar-refractivity contribution < 1.29 is 14.7 Å². The highest BCUT2D eigenvalue weighted by Gasteiger charge is 2.24. The highest BCUT2D eigenvalue weighted by atomic mass is 32.1. The van der Waals surface area contributed by atoms with Gasteiger partial charge in [0.15, 0.2) is 0 Å². The lowest BCUT2D eigenvalue weighted by atomic mass is 9.95. The van der Waals surface area contributed by atoms with Crippen molar-refractivity contribution in [1.82, 2.24) is 14.9 Å². The third kappa shape index (κ3) is 5.04. The number of fused-ring (bicyclic) bond motifs is 1. The molecular weight excluding hydrogens is 422 g/mol. The quantitative estimate of drug-likeness (QED) is 0.477. The molecule has 0 saturated heterocycles. The van der Waals surface area contributed by atoms with Crippen molar-refractivity contribution in [2.45, 2.75) is 70.9 Å². The number of hydrogen-bond acceptors (Lipinski definition) is 4. The molecule has 0 bridgehead atoms. The predicted octanol–water partition coefficient (Wildman–Crippen LogP) is 5.42. The molecule has 0 radical (unpaired) electrons. The summed E-state index contributed by atoms with van der Waals surface area (Å²) in [6.07, 6.45) is 7.23. The Balaban J connectivity index is 1.66. The predicted molar refractivity (Wildman–Crippen MR) is 127 cm³/mol. The molecule has 1 atom stereocenters. The summed E-state index contributed by atoms with van der Waals surface area (Å²) >= 11 is 1.73. The van der Waals surface area contributed by atoms with Gasteiger partial charge in [0.25, 0.3) is 5.91 Å². The van der Waals surface area contributed by atoms with E-state index in [-0.39, 0.29) is 11.8 Å². The number of aliphatic carboxylic acids is 1. The maximum atomic E-state index is 12.8. The van der Waals surface area contributed by atoms with Crippen LogP contribution >= 0.6 is 11.3 Å². The summed E-state index contributed by atoms with van der Waals surface area (Å²) in [6.45, 7) is 3.89. The van der Waals surface area contributed by atoms with Crippen LogP contribution in [-0.2, 0) is 11.2 Å². The number of carboxylic acid groups (broad SMARTS) is 1. The van der Waals surface area contributed by atoms with E-state index in [0.29, 0.717) is 18.0 Å². The molecule has 1 amide bonds. The van der Waals surface area contributed by atoms with Gasteiger partial charge in [-0.05, 0) is 54.8 Å². The Hall–Kier alpha value is -2.67. The van der Waals surface area contributed by atoms with Crippen molar-refractivity contribution in [2.75, 3.05) is 0 Å². The Morgan fingerprint density at radius 2 is 2.00 bits per heavy atom. The first-order chi connectivity index (χ1) is 15.4. The molecule has 1 aliphatic rings. The highest BCUT2D eigenvalue weighted by Crippen LogP contribution is 2.33. The Labute approximate surface area is 192 Å². The molecule has 6 nitrogen and oxygen atoms in total. The largest absolute Gasteiger partial charge is 0.480 e. The Bertz CT molecular complexity index is 1080. The number of carbonyl (C=O) groups excluding carboxylic acids is 1. The van der Waals surface area contributed by atoms with Crippen LogP contribution < -0.4 is 5.32 Å². The van der Waals surface area contributed by atoms with E-state index in [0.717, 1.165) is 36.1 Å². The molecule has 7 heteroatoms. The summed E-state index contributed by atoms with van der Waals surface area (Å²) in [7, 11) is 0. The SMILES string of the molecule is CC(C)C[C@H](NC(=O)c1ccc2c(c1)nc(Cc1cccs1)n2C1CCCCC1)C(=O)O. The lowest BCUT2D eigenvalue weighted by Crippen LogP contribution is -2.41. The summed E-state index contributed by atoms with van der Waals surface area (Å²) in [4.78, 5) is 30.6. The van der Waals surface area contributed by atoms with Crippen LogP contribution in [0.25, 0.3) is 11.0 Å². The zero-order valence-corrected chi connectivity index (χ0v) is 19.5. The minimum Gasteiger partial charge on any atom is -0.480 e. The first-order valence-corrected chi connectivity index (χ1v) is 12.4. The van der Waals surface area contributed by atoms with Crippen LogP contribution in [0.4, 0.5) is 0 Å². The first-order valence-electron chi connectivity index (χ1n) is 11.5. The number of benzene rings is 1. The molecule has 2 N–H and O–H groups in total. The lowest BCUT2D eigenvalue weighted by Gasteiger charge is -2.25. The van der Waals surface area contributed by atoms with Crippen molar-refractivity contribution in [3.63, 3.8) is 0 Å². The molecule has 0 spiro atoms. The van der Waals surface area contributed by atoms with E-state index in [1.807, 2.05) is 19.9 Å². The zero-order chi connectivity index (χ0) is 22.7. The van der Waals surface area contributed by atoms with Crippen molar-refractivity contribution in [3.8, 4) is 0 Å². The number of nitrogens with one attached hydrogen (secondary N) is 1. The number of hydrogen-bond donors (Lipinski definition) is 2. The minimum absolute atomic E-state index is 0.171. The van der Waals surface area contributed by atoms with Crippen LogP contribution in [0.5, 0.6) is 0 Å². The number of carbonyl (C=O) groups is 2. The molecule has 1 fully saturated rings. The molecule has 3 aromatic rings. The Morgan fingerprint density at radius 3 is 2.66 bits per heavy atom. The van der Waals surface area contributed by atoms with Crippen LogP contribution in [0.3, 0.4) is 0 Å². The molecule has 1 aromatic carbocycles. The van der Waals surface area contributed by atoms with E-state index in [1.165, 1.54) is 24.1 Å². The topological polar surface area (TPSA) is 84.2 Å². The number of amides is 1. The van der Waals surface area contributed by atoms with Gasteiger partial charge in [-0.1, -0.05) is 39.2 Å². The molecule has 2 heterocycles. The molecule has 1 saturated carbocycles. The number of rotatable bonds is 8. The summed E-state index contributed by atoms with van der Waals surface area (Å²) in [5.41, 5.74) is 2.30. The molecule has 0 aliphatic heterocycles. The van der Waals surface area contributed by atoms with E-state index < -0.39 is 12.0 Å². The third-order valence-electron chi connectivity index (χ3n) is 6.19. The molecule has 4 rings (SSSR count). The molecule has 32 heavy (non-hydrogen) atoms. The zero-order valence-electron chi connectivity index (χ0n) is 18.7. The normalized spacial score (nSPS) is 15.8. The Morgan fingerprint density at radius 1 is 1.22 bits per heavy atom. The van der Waals surface area contributed by atoms with Gasteiger partial charge < -0.3 is 15.0 Å². The van der Waals surface area contributed by atoms with Gasteiger partial charge in [0.2, 0.25) is 0 Å². The van der Waals surface area contributed by atoms with Crippen LogP contribution in [-0.4, -0.2) is 32.6 Å². The second kappa shape index (κ2) is 9.86. The average molecular weight is 454 g/mol. The summed E-state index contributed by atoms with van der Waals surface area (Å²) in [5, 5.41) is 14.2. The standard InChI is InChI=1S/C25H31N3O3S/c1-16(2)13-21(25(30)31)27-24(29)17-10-11-22-20(14-17)26-23(15-19-9-6-12-32-19)28(22)18-7-4-3-5-8-18/h6,9-12,14,16,18,21H,3-5,7-8,13,15H2,1-2H3,(H,27,29)(H,30,31)/t21-/m0/s1. The summed E-state index contributed by atoms with van der Waals surface area (Å²) in [6, 6.07) is 9.30. The molecule has 1 aliphatic carbocycles. The Kier molecular flexibility index (Phi) is 6.94. The van der Waals surface area contributed by atoms with Crippen LogP contribution in [0.2, 0.25) is 0 Å². The van der Waals surface area contributed by atoms with Crippen LogP contribution in [0.1, 0.15) is 79.5 Å². The van der Waals surface area contributed by atoms with Crippen molar-refractivity contribution in [2.24, 2.45) is 5.92 Å². The number of nitrogens with zero attached hydrogens (tertiary/aromatic N) is 2. The first kappa shape index (κ1) is 22.5. The van der Waals surface area contributed by atoms with Gasteiger partial charge >= 0.3 is 5.97 Å². The highest BCUT2D eigenvalue weighted by molar-refractivity contribution is 7.09. The summed E-state index contributed by atoms with van der Waals surface area (Å²) in [5.74, 6) is -0.167. The maximum Gasteiger partial charge on any atom is 0.326 e. The fraction of sp³-hybridized carbons (Fsp3) is 0.480. The number of aromatic nitrogens is 2. The number of thiophene rings is 1. The monoisotopic (exact) mass is 453 g/mol. The second-order valence-corrected chi connectivity index (χ2v) is 10.2. The van der Waals surface area contributed by atoms with E-state index >= 15 is 0 Å². The van der Waals surface area contributed by atoms with Gasteiger partial charge in [0, 0.05) is 22.9 Å². The van der Waals surface area contributed by atoms with E-state index in [2.05, 4.69) is 27.4 Å². The lowest BCUT2D eigenvalue weighted by molar-refractivity contribution is -0.139. The third-order valence-corrected chi connectivity index (χ3v) is 7.06. The molecule has 2 aromatic heterocycles. The van der Waals surface area contributed by atoms with Crippen molar-refractivity contribution in [1.29, 1.82) is 0 Å². The van der Waals surface area contributed by atoms with Gasteiger partial charge in [0.05, 0.1) is 11.0 Å². The van der Waals surface area contributed by atoms with E-state index in [4.69, 9.17) is 4.98 Å². The van der Waals surface area contributed by atoms with E-state index in [9.17, 15) is 14.7 Å². The van der Waals surface area contributed by atoms with Crippen LogP contribution in [0.15, 0.2) is 35.7 Å². The minimum atomic E-state index is -1.01. The van der Waals surface area contributed by atoms with Crippen molar-refractivity contribution in [3.05, 3.63) is 52.0 Å². The smallest absolute Gasteiger partial charge is 0.326 e. The van der Waals surface area contributed by atoms with Crippen molar-refractivity contribution >= 4 is 34.2 Å². The molecule has 170 valence electrons. The summed E-state index contributed by atoms with van der Waals surface area (Å²) < 4.78 is 2.38. The maximum absolute atomic E-state index is 12.8. The average Bonchev–Trinajstić information content (AvgIpc) is 3.40. The number of imidazole rings is 1. The van der Waals surface area contributed by atoms with E-state index in [1.54, 1.807) is 23.5 Å². The van der Waals surface area contributed by atoms with Gasteiger partial charge in [0.1, 0.15) is 11.9 Å². The van der Waals surface area contributed by atoms with Crippen LogP contribution in [0, 0.1) is 5.92 Å². The second-order valence-electron chi connectivity index (χ2n) is 9.14. The van der Waals surface area contributed by atoms with Gasteiger partial charge in [-0.15, -0.1) is 11.3 Å². The van der Waals surface area contributed by atoms with Gasteiger partial charge in [-0.3, -0.25) is 4.79 Å². The number of carboxylic acids is 1.